The molecule has 1 atom stereocenters. The molecule has 2 nitrogen and oxygen atoms in total. The molecule has 21 heavy (non-hydrogen) atoms. The van der Waals surface area contributed by atoms with E-state index in [-0.39, 0.29) is 6.10 Å². The van der Waals surface area contributed by atoms with Gasteiger partial charge in [-0.3, -0.25) is 4.98 Å². The molecule has 0 aromatic carbocycles. The van der Waals surface area contributed by atoms with Crippen LogP contribution in [0.15, 0.2) is 18.3 Å². The summed E-state index contributed by atoms with van der Waals surface area (Å²) in [6.45, 7) is 4.24. The number of nitrogens with zero attached hydrogens (tertiary/aromatic N) is 1. The maximum Gasteiger partial charge on any atom is 0.0804 e. The van der Waals surface area contributed by atoms with E-state index in [1.807, 2.05) is 19.1 Å². The Morgan fingerprint density at radius 1 is 0.905 bits per heavy atom. The van der Waals surface area contributed by atoms with Gasteiger partial charge in [0.25, 0.3) is 0 Å². The van der Waals surface area contributed by atoms with Crippen LogP contribution in [0.25, 0.3) is 0 Å². The van der Waals surface area contributed by atoms with E-state index in [9.17, 15) is 5.11 Å². The fourth-order valence-corrected chi connectivity index (χ4v) is 2.67. The molecule has 0 bridgehead atoms. The lowest BCUT2D eigenvalue weighted by Crippen LogP contribution is -1.98. The number of aryl methyl sites for hydroxylation is 1. The van der Waals surface area contributed by atoms with Crippen LogP contribution in [0, 0.1) is 6.92 Å². The Balaban J connectivity index is 1.95. The molecule has 0 radical (unpaired) electrons. The van der Waals surface area contributed by atoms with Gasteiger partial charge in [-0.1, -0.05) is 77.2 Å². The molecule has 0 saturated carbocycles. The second-order valence-corrected chi connectivity index (χ2v) is 6.22. The van der Waals surface area contributed by atoms with Crippen LogP contribution in [-0.2, 0) is 0 Å². The number of aliphatic hydroxyl groups is 1. The Bertz CT molecular complexity index is 347. The second-order valence-electron chi connectivity index (χ2n) is 6.22. The van der Waals surface area contributed by atoms with Gasteiger partial charge in [0, 0.05) is 11.9 Å². The number of aliphatic hydroxyl groups excluding tert-OH is 1. The van der Waals surface area contributed by atoms with Crippen LogP contribution in [-0.4, -0.2) is 10.1 Å². The SMILES string of the molecule is CCCCCCCCCCCCC(O)c1ccc(C)nc1. The second kappa shape index (κ2) is 11.7. The Kier molecular flexibility index (Phi) is 10.1. The van der Waals surface area contributed by atoms with Gasteiger partial charge in [0.1, 0.15) is 0 Å². The molecular weight excluding hydrogens is 258 g/mol. The van der Waals surface area contributed by atoms with E-state index >= 15 is 0 Å². The normalized spacial score (nSPS) is 12.5. The predicted molar refractivity (Wildman–Crippen MR) is 90.4 cm³/mol. The molecule has 1 aromatic heterocycles. The van der Waals surface area contributed by atoms with E-state index in [1.54, 1.807) is 6.20 Å². The Labute approximate surface area is 131 Å². The topological polar surface area (TPSA) is 33.1 Å². The number of hydrogen-bond donors (Lipinski definition) is 1. The first-order valence-electron chi connectivity index (χ1n) is 8.84. The molecule has 120 valence electrons. The van der Waals surface area contributed by atoms with Gasteiger partial charge in [-0.2, -0.15) is 0 Å². The van der Waals surface area contributed by atoms with E-state index in [0.29, 0.717) is 0 Å². The van der Waals surface area contributed by atoms with E-state index in [4.69, 9.17) is 0 Å². The first-order chi connectivity index (χ1) is 10.2. The molecule has 0 aliphatic carbocycles. The van der Waals surface area contributed by atoms with Gasteiger partial charge in [-0.15, -0.1) is 0 Å². The summed E-state index contributed by atoms with van der Waals surface area (Å²) in [5, 5.41) is 10.1. The first kappa shape index (κ1) is 18.2. The molecule has 1 rings (SSSR count). The lowest BCUT2D eigenvalue weighted by molar-refractivity contribution is 0.163. The summed E-state index contributed by atoms with van der Waals surface area (Å²) in [4.78, 5) is 4.24. The van der Waals surface area contributed by atoms with Crippen LogP contribution in [0.1, 0.15) is 94.9 Å². The molecule has 1 N–H and O–H groups in total. The summed E-state index contributed by atoms with van der Waals surface area (Å²) in [6, 6.07) is 3.96. The summed E-state index contributed by atoms with van der Waals surface area (Å²) >= 11 is 0. The minimum atomic E-state index is -0.341. The Hall–Kier alpha value is -0.890. The molecule has 2 heteroatoms. The number of pyridine rings is 1. The smallest absolute Gasteiger partial charge is 0.0804 e. The highest BCUT2D eigenvalue weighted by molar-refractivity contribution is 5.15. The van der Waals surface area contributed by atoms with E-state index < -0.39 is 0 Å². The quantitative estimate of drug-likeness (QED) is 0.498. The van der Waals surface area contributed by atoms with Crippen LogP contribution in [0.4, 0.5) is 0 Å². The van der Waals surface area contributed by atoms with Crippen molar-refractivity contribution in [1.82, 2.24) is 4.98 Å². The summed E-state index contributed by atoms with van der Waals surface area (Å²) in [5.74, 6) is 0. The molecular formula is C19H33NO. The Morgan fingerprint density at radius 3 is 2.00 bits per heavy atom. The molecule has 0 aliphatic heterocycles. The van der Waals surface area contributed by atoms with Crippen molar-refractivity contribution in [3.63, 3.8) is 0 Å². The Morgan fingerprint density at radius 2 is 1.48 bits per heavy atom. The molecule has 0 fully saturated rings. The van der Waals surface area contributed by atoms with Crippen LogP contribution >= 0.6 is 0 Å². The number of hydrogen-bond acceptors (Lipinski definition) is 2. The monoisotopic (exact) mass is 291 g/mol. The number of aromatic nitrogens is 1. The van der Waals surface area contributed by atoms with Crippen molar-refractivity contribution in [3.8, 4) is 0 Å². The van der Waals surface area contributed by atoms with Crippen molar-refractivity contribution >= 4 is 0 Å². The van der Waals surface area contributed by atoms with Crippen molar-refractivity contribution in [3.05, 3.63) is 29.6 Å². The third kappa shape index (κ3) is 8.87. The highest BCUT2D eigenvalue weighted by Crippen LogP contribution is 2.20. The zero-order valence-corrected chi connectivity index (χ0v) is 14.0. The van der Waals surface area contributed by atoms with Crippen molar-refractivity contribution in [2.45, 2.75) is 90.6 Å². The van der Waals surface area contributed by atoms with Gasteiger partial charge in [0.15, 0.2) is 0 Å². The fourth-order valence-electron chi connectivity index (χ4n) is 2.67. The zero-order valence-electron chi connectivity index (χ0n) is 14.0. The third-order valence-electron chi connectivity index (χ3n) is 4.15. The first-order valence-corrected chi connectivity index (χ1v) is 8.84. The standard InChI is InChI=1S/C19H33NO/c1-3-4-5-6-7-8-9-10-11-12-13-19(21)18-15-14-17(2)20-16-18/h14-16,19,21H,3-13H2,1-2H3. The van der Waals surface area contributed by atoms with E-state index in [2.05, 4.69) is 11.9 Å². The average molecular weight is 291 g/mol. The van der Waals surface area contributed by atoms with Gasteiger partial charge in [-0.25, -0.2) is 0 Å². The van der Waals surface area contributed by atoms with Crippen molar-refractivity contribution in [1.29, 1.82) is 0 Å². The van der Waals surface area contributed by atoms with Crippen LogP contribution < -0.4 is 0 Å². The molecule has 0 spiro atoms. The number of rotatable bonds is 12. The van der Waals surface area contributed by atoms with Crippen molar-refractivity contribution in [2.24, 2.45) is 0 Å². The van der Waals surface area contributed by atoms with Gasteiger partial charge in [0.05, 0.1) is 6.10 Å². The summed E-state index contributed by atoms with van der Waals surface area (Å²) < 4.78 is 0. The molecule has 0 amide bonds. The minimum Gasteiger partial charge on any atom is -0.388 e. The largest absolute Gasteiger partial charge is 0.388 e. The lowest BCUT2D eigenvalue weighted by atomic mass is 10.0. The highest BCUT2D eigenvalue weighted by Gasteiger charge is 2.07. The molecule has 1 unspecified atom stereocenters. The summed E-state index contributed by atoms with van der Waals surface area (Å²) in [6.07, 6.45) is 15.7. The minimum absolute atomic E-state index is 0.341. The van der Waals surface area contributed by atoms with Gasteiger partial charge in [-0.05, 0) is 25.0 Å². The van der Waals surface area contributed by atoms with Crippen molar-refractivity contribution in [2.75, 3.05) is 0 Å². The maximum absolute atomic E-state index is 10.1. The highest BCUT2D eigenvalue weighted by atomic mass is 16.3. The molecule has 0 saturated heterocycles. The summed E-state index contributed by atoms with van der Waals surface area (Å²) in [5.41, 5.74) is 1.96. The van der Waals surface area contributed by atoms with Crippen LogP contribution in [0.3, 0.4) is 0 Å². The zero-order chi connectivity index (χ0) is 15.3. The van der Waals surface area contributed by atoms with Crippen molar-refractivity contribution < 1.29 is 5.11 Å². The van der Waals surface area contributed by atoms with E-state index in [1.165, 1.54) is 57.8 Å². The number of unbranched alkanes of at least 4 members (excludes halogenated alkanes) is 9. The van der Waals surface area contributed by atoms with E-state index in [0.717, 1.165) is 24.1 Å². The van der Waals surface area contributed by atoms with Gasteiger partial charge >= 0.3 is 0 Å². The lowest BCUT2D eigenvalue weighted by Gasteiger charge is -2.10. The molecule has 0 aliphatic rings. The van der Waals surface area contributed by atoms with Crippen LogP contribution in [0.5, 0.6) is 0 Å². The predicted octanol–water partition coefficient (Wildman–Crippen LogP) is 5.73. The maximum atomic E-state index is 10.1. The van der Waals surface area contributed by atoms with Gasteiger partial charge in [0.2, 0.25) is 0 Å². The fraction of sp³-hybridized carbons (Fsp3) is 0.737. The molecule has 1 heterocycles. The van der Waals surface area contributed by atoms with Gasteiger partial charge < -0.3 is 5.11 Å². The third-order valence-corrected chi connectivity index (χ3v) is 4.15. The average Bonchev–Trinajstić information content (AvgIpc) is 2.49. The van der Waals surface area contributed by atoms with Crippen LogP contribution in [0.2, 0.25) is 0 Å². The molecule has 1 aromatic rings. The summed E-state index contributed by atoms with van der Waals surface area (Å²) in [7, 11) is 0.